The van der Waals surface area contributed by atoms with Gasteiger partial charge in [0.1, 0.15) is 0 Å². The maximum atomic E-state index is 13.3. The Hall–Kier alpha value is -2.32. The van der Waals surface area contributed by atoms with Crippen LogP contribution in [0.5, 0.6) is 0 Å². The number of fused-ring (bicyclic) bond motifs is 1. The zero-order valence-electron chi connectivity index (χ0n) is 17.5. The van der Waals surface area contributed by atoms with E-state index in [9.17, 15) is 18.0 Å². The minimum Gasteiger partial charge on any atom is -0.335 e. The predicted molar refractivity (Wildman–Crippen MR) is 123 cm³/mol. The molecule has 1 saturated heterocycles. The molecule has 0 aromatic heterocycles. The highest BCUT2D eigenvalue weighted by Crippen LogP contribution is 2.30. The number of sulfone groups is 1. The number of carbonyl (C=O) groups excluding carboxylic acids is 2. The van der Waals surface area contributed by atoms with Crippen molar-refractivity contribution >= 4 is 39.1 Å². The average Bonchev–Trinajstić information content (AvgIpc) is 3.36. The van der Waals surface area contributed by atoms with E-state index in [1.54, 1.807) is 17.0 Å². The second kappa shape index (κ2) is 9.04. The van der Waals surface area contributed by atoms with Crippen molar-refractivity contribution in [1.82, 2.24) is 4.90 Å². The summed E-state index contributed by atoms with van der Waals surface area (Å²) in [6.07, 6.45) is 1.33. The lowest BCUT2D eigenvalue weighted by Crippen LogP contribution is -2.41. The van der Waals surface area contributed by atoms with E-state index in [0.29, 0.717) is 25.1 Å². The van der Waals surface area contributed by atoms with Crippen molar-refractivity contribution in [1.29, 1.82) is 0 Å². The summed E-state index contributed by atoms with van der Waals surface area (Å²) in [5, 5.41) is 0. The first kappa shape index (κ1) is 21.9. The molecular formula is C23H26N2O4S2. The summed E-state index contributed by atoms with van der Waals surface area (Å²) in [5.74, 6) is 0.235. The Morgan fingerprint density at radius 3 is 2.61 bits per heavy atom. The molecule has 2 heterocycles. The van der Waals surface area contributed by atoms with E-state index in [1.807, 2.05) is 48.2 Å². The minimum atomic E-state index is -3.08. The topological polar surface area (TPSA) is 74.8 Å². The molecule has 2 aromatic rings. The molecule has 0 radical (unpaired) electrons. The number of hydrogen-bond acceptors (Lipinski definition) is 5. The van der Waals surface area contributed by atoms with Gasteiger partial charge in [-0.2, -0.15) is 0 Å². The van der Waals surface area contributed by atoms with Crippen molar-refractivity contribution in [3.05, 3.63) is 59.7 Å². The lowest BCUT2D eigenvalue weighted by atomic mass is 10.1. The van der Waals surface area contributed by atoms with Gasteiger partial charge in [-0.05, 0) is 43.5 Å². The number of rotatable bonds is 6. The summed E-state index contributed by atoms with van der Waals surface area (Å²) in [6, 6.07) is 14.9. The molecule has 2 aliphatic heterocycles. The molecule has 6 nitrogen and oxygen atoms in total. The fourth-order valence-electron chi connectivity index (χ4n) is 4.33. The Balaban J connectivity index is 1.47. The molecule has 1 atom stereocenters. The maximum absolute atomic E-state index is 13.3. The van der Waals surface area contributed by atoms with Crippen LogP contribution in [0.25, 0.3) is 0 Å². The quantitative estimate of drug-likeness (QED) is 0.622. The van der Waals surface area contributed by atoms with Crippen LogP contribution < -0.4 is 4.90 Å². The Bertz CT molecular complexity index is 1100. The van der Waals surface area contributed by atoms with Crippen LogP contribution in [0.15, 0.2) is 53.4 Å². The molecular weight excluding hydrogens is 432 g/mol. The van der Waals surface area contributed by atoms with Crippen molar-refractivity contribution in [3.8, 4) is 0 Å². The molecule has 2 amide bonds. The van der Waals surface area contributed by atoms with Gasteiger partial charge in [-0.15, -0.1) is 11.8 Å². The SMILES string of the molecule is CCN(C(=O)c1ccccc1SCC(=O)N1CCc2ccccc21)[C@H]1CCS(=O)(=O)C1. The Morgan fingerprint density at radius 1 is 1.13 bits per heavy atom. The van der Waals surface area contributed by atoms with Gasteiger partial charge < -0.3 is 9.80 Å². The number of hydrogen-bond donors (Lipinski definition) is 0. The van der Waals surface area contributed by atoms with Gasteiger partial charge in [0, 0.05) is 29.7 Å². The first-order chi connectivity index (χ1) is 14.9. The lowest BCUT2D eigenvalue weighted by Gasteiger charge is -2.27. The highest BCUT2D eigenvalue weighted by molar-refractivity contribution is 8.00. The van der Waals surface area contributed by atoms with Crippen molar-refractivity contribution in [3.63, 3.8) is 0 Å². The first-order valence-corrected chi connectivity index (χ1v) is 13.3. The third kappa shape index (κ3) is 4.65. The second-order valence-corrected chi connectivity index (χ2v) is 11.1. The van der Waals surface area contributed by atoms with Crippen molar-refractivity contribution in [2.24, 2.45) is 0 Å². The summed E-state index contributed by atoms with van der Waals surface area (Å²) in [5.41, 5.74) is 2.67. The fraction of sp³-hybridized carbons (Fsp3) is 0.391. The van der Waals surface area contributed by atoms with Gasteiger partial charge in [-0.25, -0.2) is 8.42 Å². The Kier molecular flexibility index (Phi) is 6.39. The Labute approximate surface area is 187 Å². The Morgan fingerprint density at radius 2 is 1.87 bits per heavy atom. The van der Waals surface area contributed by atoms with Crippen LogP contribution in [0.2, 0.25) is 0 Å². The summed E-state index contributed by atoms with van der Waals surface area (Å²) >= 11 is 1.36. The normalized spacial score (nSPS) is 19.3. The molecule has 0 aliphatic carbocycles. The van der Waals surface area contributed by atoms with Crippen LogP contribution in [0, 0.1) is 0 Å². The zero-order chi connectivity index (χ0) is 22.0. The van der Waals surface area contributed by atoms with E-state index in [-0.39, 0.29) is 35.1 Å². The van der Waals surface area contributed by atoms with E-state index in [4.69, 9.17) is 0 Å². The van der Waals surface area contributed by atoms with E-state index in [0.717, 1.165) is 17.0 Å². The molecule has 0 saturated carbocycles. The van der Waals surface area contributed by atoms with Crippen molar-refractivity contribution in [2.45, 2.75) is 30.7 Å². The molecule has 0 spiro atoms. The molecule has 0 bridgehead atoms. The maximum Gasteiger partial charge on any atom is 0.255 e. The number of benzene rings is 2. The van der Waals surface area contributed by atoms with Gasteiger partial charge in [-0.3, -0.25) is 9.59 Å². The molecule has 2 aliphatic rings. The first-order valence-electron chi connectivity index (χ1n) is 10.5. The predicted octanol–water partition coefficient (Wildman–Crippen LogP) is 3.02. The number of thioether (sulfide) groups is 1. The number of nitrogens with zero attached hydrogens (tertiary/aromatic N) is 2. The summed E-state index contributed by atoms with van der Waals surface area (Å²) in [7, 11) is -3.08. The summed E-state index contributed by atoms with van der Waals surface area (Å²) < 4.78 is 23.8. The molecule has 1 fully saturated rings. The van der Waals surface area contributed by atoms with Crippen LogP contribution in [-0.4, -0.2) is 61.5 Å². The molecule has 2 aromatic carbocycles. The van der Waals surface area contributed by atoms with E-state index >= 15 is 0 Å². The molecule has 8 heteroatoms. The van der Waals surface area contributed by atoms with Gasteiger partial charge in [0.15, 0.2) is 9.84 Å². The van der Waals surface area contributed by atoms with Gasteiger partial charge >= 0.3 is 0 Å². The molecule has 4 rings (SSSR count). The molecule has 0 N–H and O–H groups in total. The molecule has 164 valence electrons. The monoisotopic (exact) mass is 458 g/mol. The van der Waals surface area contributed by atoms with Gasteiger partial charge in [-0.1, -0.05) is 30.3 Å². The zero-order valence-corrected chi connectivity index (χ0v) is 19.1. The second-order valence-electron chi connectivity index (χ2n) is 7.86. The van der Waals surface area contributed by atoms with Crippen LogP contribution in [0.3, 0.4) is 0 Å². The van der Waals surface area contributed by atoms with E-state index in [1.165, 1.54) is 17.3 Å². The fourth-order valence-corrected chi connectivity index (χ4v) is 6.98. The third-order valence-corrected chi connectivity index (χ3v) is 8.72. The van der Waals surface area contributed by atoms with E-state index in [2.05, 4.69) is 0 Å². The highest BCUT2D eigenvalue weighted by Gasteiger charge is 2.35. The van der Waals surface area contributed by atoms with Crippen molar-refractivity contribution < 1.29 is 18.0 Å². The summed E-state index contributed by atoms with van der Waals surface area (Å²) in [4.78, 5) is 30.4. The molecule has 31 heavy (non-hydrogen) atoms. The smallest absolute Gasteiger partial charge is 0.255 e. The largest absolute Gasteiger partial charge is 0.335 e. The van der Waals surface area contributed by atoms with Crippen molar-refractivity contribution in [2.75, 3.05) is 35.2 Å². The van der Waals surface area contributed by atoms with Crippen LogP contribution in [0.4, 0.5) is 5.69 Å². The third-order valence-electron chi connectivity index (χ3n) is 5.91. The average molecular weight is 459 g/mol. The lowest BCUT2D eigenvalue weighted by molar-refractivity contribution is -0.116. The minimum absolute atomic E-state index is 0.0198. The van der Waals surface area contributed by atoms with Crippen LogP contribution in [-0.2, 0) is 21.1 Å². The molecule has 0 unspecified atom stereocenters. The standard InChI is InChI=1S/C23H26N2O4S2/c1-2-24(18-12-14-31(28,29)16-18)23(27)19-8-4-6-10-21(19)30-15-22(26)25-13-11-17-7-3-5-9-20(17)25/h3-10,18H,2,11-16H2,1H3/t18-/m0/s1. The van der Waals surface area contributed by atoms with Gasteiger partial charge in [0.2, 0.25) is 5.91 Å². The van der Waals surface area contributed by atoms with E-state index < -0.39 is 9.84 Å². The summed E-state index contributed by atoms with van der Waals surface area (Å²) in [6.45, 7) is 2.99. The highest BCUT2D eigenvalue weighted by atomic mass is 32.2. The number of para-hydroxylation sites is 1. The number of carbonyl (C=O) groups is 2. The van der Waals surface area contributed by atoms with Crippen LogP contribution in [0.1, 0.15) is 29.3 Å². The number of anilines is 1. The van der Waals surface area contributed by atoms with Gasteiger partial charge in [0.05, 0.1) is 22.8 Å². The van der Waals surface area contributed by atoms with Gasteiger partial charge in [0.25, 0.3) is 5.91 Å². The number of amides is 2. The van der Waals surface area contributed by atoms with Crippen LogP contribution >= 0.6 is 11.8 Å².